The fourth-order valence-electron chi connectivity index (χ4n) is 4.71. The van der Waals surface area contributed by atoms with E-state index in [1.165, 1.54) is 122 Å². The van der Waals surface area contributed by atoms with Gasteiger partial charge in [-0.1, -0.05) is 135 Å². The first-order valence-electron chi connectivity index (χ1n) is 15.6. The molecule has 212 valence electrons. The predicted molar refractivity (Wildman–Crippen MR) is 153 cm³/mol. The summed E-state index contributed by atoms with van der Waals surface area (Å²) < 4.78 is 5.15. The van der Waals surface area contributed by atoms with E-state index in [1.807, 2.05) is 6.92 Å². The van der Waals surface area contributed by atoms with Crippen molar-refractivity contribution in [2.75, 3.05) is 6.61 Å². The molecule has 0 saturated heterocycles. The zero-order chi connectivity index (χ0) is 26.5. The Morgan fingerprint density at radius 1 is 0.611 bits per heavy atom. The number of esters is 1. The largest absolute Gasteiger partial charge is 0.481 e. The van der Waals surface area contributed by atoms with Gasteiger partial charge in [-0.05, 0) is 38.5 Å². The molecule has 0 fully saturated rings. The summed E-state index contributed by atoms with van der Waals surface area (Å²) in [4.78, 5) is 23.0. The van der Waals surface area contributed by atoms with E-state index in [-0.39, 0.29) is 12.4 Å². The molecule has 0 heterocycles. The first kappa shape index (κ1) is 34.7. The number of carbonyl (C=O) groups is 2. The molecule has 0 radical (unpaired) electrons. The van der Waals surface area contributed by atoms with Gasteiger partial charge >= 0.3 is 11.9 Å². The molecular formula is C32H60O4. The van der Waals surface area contributed by atoms with Gasteiger partial charge in [0.25, 0.3) is 0 Å². The SMILES string of the molecule is CCCCCCCCCCC/C=C/CCCCCCCCCCCCC(CC(=O)O)C(=O)OCCC. The molecule has 1 N–H and O–H groups in total. The molecule has 0 bridgehead atoms. The molecule has 0 aliphatic rings. The Kier molecular flexibility index (Phi) is 27.2. The van der Waals surface area contributed by atoms with Crippen LogP contribution in [0.1, 0.15) is 168 Å². The third-order valence-corrected chi connectivity index (χ3v) is 7.02. The monoisotopic (exact) mass is 508 g/mol. The van der Waals surface area contributed by atoms with E-state index >= 15 is 0 Å². The van der Waals surface area contributed by atoms with Gasteiger partial charge < -0.3 is 9.84 Å². The summed E-state index contributed by atoms with van der Waals surface area (Å²) in [5.74, 6) is -1.74. The van der Waals surface area contributed by atoms with E-state index < -0.39 is 11.9 Å². The summed E-state index contributed by atoms with van der Waals surface area (Å²) in [5, 5.41) is 9.03. The summed E-state index contributed by atoms with van der Waals surface area (Å²) >= 11 is 0. The molecule has 0 aromatic heterocycles. The molecule has 4 nitrogen and oxygen atoms in total. The standard InChI is InChI=1S/C32H60O4/c1-3-5-6-7-8-9-10-11-12-13-14-15-16-17-18-19-20-21-22-23-24-25-26-27-30(29-31(33)34)32(35)36-28-4-2/h14-15,30H,3-13,16-29H2,1-2H3,(H,33,34)/b15-14+. The Labute approximate surface area is 224 Å². The van der Waals surface area contributed by atoms with Crippen molar-refractivity contribution in [1.29, 1.82) is 0 Å². The fraction of sp³-hybridized carbons (Fsp3) is 0.875. The van der Waals surface area contributed by atoms with Crippen LogP contribution >= 0.6 is 0 Å². The molecule has 0 rings (SSSR count). The van der Waals surface area contributed by atoms with Crippen LogP contribution in [0.5, 0.6) is 0 Å². The van der Waals surface area contributed by atoms with E-state index in [2.05, 4.69) is 19.1 Å². The van der Waals surface area contributed by atoms with Crippen molar-refractivity contribution in [2.45, 2.75) is 168 Å². The Bertz CT molecular complexity index is 514. The highest BCUT2D eigenvalue weighted by atomic mass is 16.5. The maximum absolute atomic E-state index is 12.0. The van der Waals surface area contributed by atoms with Crippen LogP contribution in [0.25, 0.3) is 0 Å². The number of carboxylic acid groups (broad SMARTS) is 1. The lowest BCUT2D eigenvalue weighted by molar-refractivity contribution is -0.153. The number of allylic oxidation sites excluding steroid dienone is 2. The van der Waals surface area contributed by atoms with Gasteiger partial charge in [0, 0.05) is 0 Å². The lowest BCUT2D eigenvalue weighted by atomic mass is 9.97. The van der Waals surface area contributed by atoms with Crippen molar-refractivity contribution in [3.05, 3.63) is 12.2 Å². The highest BCUT2D eigenvalue weighted by molar-refractivity contribution is 5.79. The minimum atomic E-state index is -0.918. The van der Waals surface area contributed by atoms with Gasteiger partial charge in [0.2, 0.25) is 0 Å². The lowest BCUT2D eigenvalue weighted by Crippen LogP contribution is -2.21. The van der Waals surface area contributed by atoms with E-state index in [0.717, 1.165) is 19.3 Å². The van der Waals surface area contributed by atoms with Crippen molar-refractivity contribution in [3.63, 3.8) is 0 Å². The molecule has 0 aromatic carbocycles. The molecule has 1 atom stereocenters. The zero-order valence-electron chi connectivity index (χ0n) is 24.1. The first-order chi connectivity index (χ1) is 17.6. The molecule has 0 aliphatic heterocycles. The molecule has 0 saturated carbocycles. The first-order valence-corrected chi connectivity index (χ1v) is 15.6. The van der Waals surface area contributed by atoms with Crippen LogP contribution in [-0.2, 0) is 14.3 Å². The Morgan fingerprint density at radius 3 is 1.44 bits per heavy atom. The number of hydrogen-bond acceptors (Lipinski definition) is 3. The summed E-state index contributed by atoms with van der Waals surface area (Å²) in [6, 6.07) is 0. The number of rotatable bonds is 28. The predicted octanol–water partition coefficient (Wildman–Crippen LogP) is 10.2. The van der Waals surface area contributed by atoms with E-state index in [1.54, 1.807) is 0 Å². The van der Waals surface area contributed by atoms with Gasteiger partial charge in [-0.2, -0.15) is 0 Å². The summed E-state index contributed by atoms with van der Waals surface area (Å²) in [7, 11) is 0. The number of carboxylic acids is 1. The van der Waals surface area contributed by atoms with Gasteiger partial charge in [0.05, 0.1) is 18.9 Å². The average Bonchev–Trinajstić information content (AvgIpc) is 2.86. The van der Waals surface area contributed by atoms with Gasteiger partial charge in [-0.25, -0.2) is 0 Å². The smallest absolute Gasteiger partial charge is 0.309 e. The summed E-state index contributed by atoms with van der Waals surface area (Å²) in [6.45, 7) is 4.60. The minimum Gasteiger partial charge on any atom is -0.481 e. The van der Waals surface area contributed by atoms with Gasteiger partial charge in [-0.15, -0.1) is 0 Å². The molecule has 1 unspecified atom stereocenters. The molecule has 4 heteroatoms. The number of hydrogen-bond donors (Lipinski definition) is 1. The summed E-state index contributed by atoms with van der Waals surface area (Å²) in [6.07, 6.45) is 33.6. The van der Waals surface area contributed by atoms with Crippen LogP contribution < -0.4 is 0 Å². The minimum absolute atomic E-state index is 0.113. The van der Waals surface area contributed by atoms with E-state index in [9.17, 15) is 9.59 Å². The van der Waals surface area contributed by atoms with Crippen LogP contribution in [0.3, 0.4) is 0 Å². The average molecular weight is 509 g/mol. The van der Waals surface area contributed by atoms with Crippen LogP contribution in [0.4, 0.5) is 0 Å². The molecule has 0 spiro atoms. The number of carbonyl (C=O) groups excluding carboxylic acids is 1. The second-order valence-electron chi connectivity index (χ2n) is 10.7. The van der Waals surface area contributed by atoms with Gasteiger partial charge in [0.15, 0.2) is 0 Å². The number of aliphatic carboxylic acids is 1. The van der Waals surface area contributed by atoms with E-state index in [4.69, 9.17) is 9.84 Å². The van der Waals surface area contributed by atoms with Crippen LogP contribution in [-0.4, -0.2) is 23.7 Å². The lowest BCUT2D eigenvalue weighted by Gasteiger charge is -2.13. The fourth-order valence-corrected chi connectivity index (χ4v) is 4.71. The normalized spacial score (nSPS) is 12.3. The highest BCUT2D eigenvalue weighted by Gasteiger charge is 2.22. The molecular weight excluding hydrogens is 448 g/mol. The second-order valence-corrected chi connectivity index (χ2v) is 10.7. The van der Waals surface area contributed by atoms with Gasteiger partial charge in [0.1, 0.15) is 0 Å². The van der Waals surface area contributed by atoms with Crippen LogP contribution in [0.15, 0.2) is 12.2 Å². The summed E-state index contributed by atoms with van der Waals surface area (Å²) in [5.41, 5.74) is 0. The third-order valence-electron chi connectivity index (χ3n) is 7.02. The Balaban J connectivity index is 3.40. The van der Waals surface area contributed by atoms with E-state index in [0.29, 0.717) is 13.0 Å². The molecule has 0 aromatic rings. The van der Waals surface area contributed by atoms with Crippen molar-refractivity contribution in [1.82, 2.24) is 0 Å². The highest BCUT2D eigenvalue weighted by Crippen LogP contribution is 2.18. The van der Waals surface area contributed by atoms with Crippen molar-refractivity contribution in [3.8, 4) is 0 Å². The van der Waals surface area contributed by atoms with Gasteiger partial charge in [-0.3, -0.25) is 9.59 Å². The quantitative estimate of drug-likeness (QED) is 0.0648. The molecule has 0 amide bonds. The Hall–Kier alpha value is -1.32. The van der Waals surface area contributed by atoms with Crippen molar-refractivity contribution in [2.24, 2.45) is 5.92 Å². The van der Waals surface area contributed by atoms with Crippen molar-refractivity contribution < 1.29 is 19.4 Å². The molecule has 0 aliphatic carbocycles. The third kappa shape index (κ3) is 25.8. The maximum Gasteiger partial charge on any atom is 0.309 e. The second kappa shape index (κ2) is 28.3. The maximum atomic E-state index is 12.0. The van der Waals surface area contributed by atoms with Crippen LogP contribution in [0.2, 0.25) is 0 Å². The van der Waals surface area contributed by atoms with Crippen molar-refractivity contribution >= 4 is 11.9 Å². The number of ether oxygens (including phenoxy) is 1. The Morgan fingerprint density at radius 2 is 1.03 bits per heavy atom. The topological polar surface area (TPSA) is 63.6 Å². The molecule has 36 heavy (non-hydrogen) atoms. The van der Waals surface area contributed by atoms with Crippen LogP contribution in [0, 0.1) is 5.92 Å². The number of unbranched alkanes of at least 4 members (excludes halogenated alkanes) is 19. The zero-order valence-corrected chi connectivity index (χ0v) is 24.1.